The van der Waals surface area contributed by atoms with Crippen molar-refractivity contribution in [3.05, 3.63) is 59.2 Å². The summed E-state index contributed by atoms with van der Waals surface area (Å²) in [5.41, 5.74) is 4.68. The van der Waals surface area contributed by atoms with E-state index >= 15 is 0 Å². The maximum absolute atomic E-state index is 12.4. The second-order valence-electron chi connectivity index (χ2n) is 6.21. The molecule has 4 nitrogen and oxygen atoms in total. The third kappa shape index (κ3) is 2.22. The van der Waals surface area contributed by atoms with Crippen LogP contribution in [0.3, 0.4) is 0 Å². The zero-order chi connectivity index (χ0) is 16.0. The molecule has 2 amide bonds. The summed E-state index contributed by atoms with van der Waals surface area (Å²) in [5, 5.41) is 2.97. The van der Waals surface area contributed by atoms with E-state index in [0.29, 0.717) is 5.56 Å². The molecule has 23 heavy (non-hydrogen) atoms. The van der Waals surface area contributed by atoms with E-state index in [1.165, 1.54) is 0 Å². The molecule has 4 heteroatoms. The highest BCUT2D eigenvalue weighted by molar-refractivity contribution is 6.08. The molecule has 2 aliphatic heterocycles. The Morgan fingerprint density at radius 2 is 2.00 bits per heavy atom. The van der Waals surface area contributed by atoms with Crippen LogP contribution in [0, 0.1) is 0 Å². The Hall–Kier alpha value is -2.62. The average molecular weight is 306 g/mol. The lowest BCUT2D eigenvalue weighted by molar-refractivity contribution is -0.119. The minimum absolute atomic E-state index is 0.123. The lowest BCUT2D eigenvalue weighted by Gasteiger charge is -2.26. The fourth-order valence-electron chi connectivity index (χ4n) is 3.56. The van der Waals surface area contributed by atoms with Crippen molar-refractivity contribution in [3.63, 3.8) is 0 Å². The van der Waals surface area contributed by atoms with Crippen LogP contribution in [0.5, 0.6) is 0 Å². The third-order valence-electron chi connectivity index (χ3n) is 4.71. The van der Waals surface area contributed by atoms with Crippen molar-refractivity contribution >= 4 is 23.2 Å². The number of carbonyl (C=O) groups excluding carboxylic acids is 2. The molecule has 1 atom stereocenters. The van der Waals surface area contributed by atoms with Gasteiger partial charge in [-0.3, -0.25) is 9.59 Å². The number of hydrogen-bond donors (Lipinski definition) is 1. The van der Waals surface area contributed by atoms with Crippen LogP contribution in [0.2, 0.25) is 0 Å². The zero-order valence-corrected chi connectivity index (χ0v) is 13.0. The third-order valence-corrected chi connectivity index (χ3v) is 4.71. The average Bonchev–Trinajstić information content (AvgIpc) is 2.82. The molecule has 2 aromatic rings. The second kappa shape index (κ2) is 5.23. The summed E-state index contributed by atoms with van der Waals surface area (Å²) in [7, 11) is 0. The molecule has 0 saturated heterocycles. The maximum Gasteiger partial charge on any atom is 0.255 e. The van der Waals surface area contributed by atoms with Crippen molar-refractivity contribution in [2.75, 3.05) is 16.8 Å². The molecule has 0 unspecified atom stereocenters. The van der Waals surface area contributed by atoms with E-state index in [2.05, 4.69) is 5.32 Å². The van der Waals surface area contributed by atoms with Gasteiger partial charge in [-0.1, -0.05) is 18.2 Å². The van der Waals surface area contributed by atoms with Crippen LogP contribution in [-0.4, -0.2) is 18.4 Å². The lowest BCUT2D eigenvalue weighted by Crippen LogP contribution is -2.32. The number of nitrogens with zero attached hydrogens (tertiary/aromatic N) is 1. The molecular weight excluding hydrogens is 288 g/mol. The van der Waals surface area contributed by atoms with Gasteiger partial charge in [0.25, 0.3) is 5.91 Å². The predicted molar refractivity (Wildman–Crippen MR) is 89.9 cm³/mol. The van der Waals surface area contributed by atoms with Gasteiger partial charge < -0.3 is 10.2 Å². The second-order valence-corrected chi connectivity index (χ2v) is 6.21. The first kappa shape index (κ1) is 14.0. The topological polar surface area (TPSA) is 49.4 Å². The van der Waals surface area contributed by atoms with Gasteiger partial charge in [0.2, 0.25) is 5.91 Å². The Bertz CT molecular complexity index is 799. The van der Waals surface area contributed by atoms with E-state index < -0.39 is 0 Å². The first-order chi connectivity index (χ1) is 11.1. The fourth-order valence-corrected chi connectivity index (χ4v) is 3.56. The van der Waals surface area contributed by atoms with E-state index in [1.807, 2.05) is 42.2 Å². The summed E-state index contributed by atoms with van der Waals surface area (Å²) >= 11 is 0. The largest absolute Gasteiger partial charge is 0.322 e. The Morgan fingerprint density at radius 1 is 1.22 bits per heavy atom. The van der Waals surface area contributed by atoms with E-state index in [1.54, 1.807) is 12.1 Å². The summed E-state index contributed by atoms with van der Waals surface area (Å²) in [5.74, 6) is -0.0784. The number of amides is 2. The Labute approximate surface area is 135 Å². The normalized spacial score (nSPS) is 18.7. The van der Waals surface area contributed by atoms with Crippen molar-refractivity contribution in [2.45, 2.75) is 25.7 Å². The fraction of sp³-hybridized carbons (Fsp3) is 0.263. The standard InChI is InChI=1S/C19H18N2O2/c1-12-16-11-15(20-18(22)13-6-3-2-4-7-13)10-14-8-5-9-21(17(14)16)19(12)23/h2-4,6-7,10-12H,5,8-9H2,1H3,(H,20,22)/t12-/m1/s1. The summed E-state index contributed by atoms with van der Waals surface area (Å²) < 4.78 is 0. The van der Waals surface area contributed by atoms with Crippen LogP contribution >= 0.6 is 0 Å². The minimum Gasteiger partial charge on any atom is -0.322 e. The quantitative estimate of drug-likeness (QED) is 0.925. The van der Waals surface area contributed by atoms with Crippen molar-refractivity contribution < 1.29 is 9.59 Å². The SMILES string of the molecule is C[C@H]1C(=O)N2CCCc3cc(NC(=O)c4ccccc4)cc1c32. The Kier molecular flexibility index (Phi) is 3.18. The van der Waals surface area contributed by atoms with Gasteiger partial charge in [0.05, 0.1) is 11.6 Å². The van der Waals surface area contributed by atoms with Crippen LogP contribution in [0.4, 0.5) is 11.4 Å². The minimum atomic E-state index is -0.129. The van der Waals surface area contributed by atoms with Gasteiger partial charge in [0, 0.05) is 17.8 Å². The summed E-state index contributed by atoms with van der Waals surface area (Å²) in [6.45, 7) is 2.75. The van der Waals surface area contributed by atoms with Crippen LogP contribution in [0.1, 0.15) is 40.7 Å². The smallest absolute Gasteiger partial charge is 0.255 e. The van der Waals surface area contributed by atoms with E-state index in [0.717, 1.165) is 41.9 Å². The van der Waals surface area contributed by atoms with E-state index in [4.69, 9.17) is 0 Å². The molecule has 1 N–H and O–H groups in total. The summed E-state index contributed by atoms with van der Waals surface area (Å²) in [6.07, 6.45) is 1.93. The monoisotopic (exact) mass is 306 g/mol. The maximum atomic E-state index is 12.4. The molecule has 0 aromatic heterocycles. The number of nitrogens with one attached hydrogen (secondary N) is 1. The number of carbonyl (C=O) groups is 2. The van der Waals surface area contributed by atoms with Crippen molar-refractivity contribution in [1.82, 2.24) is 0 Å². The van der Waals surface area contributed by atoms with E-state index in [9.17, 15) is 9.59 Å². The number of rotatable bonds is 2. The van der Waals surface area contributed by atoms with Crippen LogP contribution in [0.15, 0.2) is 42.5 Å². The first-order valence-electron chi connectivity index (χ1n) is 8.00. The van der Waals surface area contributed by atoms with Crippen molar-refractivity contribution in [1.29, 1.82) is 0 Å². The zero-order valence-electron chi connectivity index (χ0n) is 13.0. The van der Waals surface area contributed by atoms with Gasteiger partial charge in [-0.2, -0.15) is 0 Å². The van der Waals surface area contributed by atoms with Gasteiger partial charge in [0.1, 0.15) is 0 Å². The number of hydrogen-bond acceptors (Lipinski definition) is 2. The highest BCUT2D eigenvalue weighted by Gasteiger charge is 2.37. The molecule has 0 radical (unpaired) electrons. The summed E-state index contributed by atoms with van der Waals surface area (Å²) in [6, 6.07) is 13.1. The van der Waals surface area contributed by atoms with Crippen LogP contribution < -0.4 is 10.2 Å². The van der Waals surface area contributed by atoms with Gasteiger partial charge in [-0.25, -0.2) is 0 Å². The molecule has 0 bridgehead atoms. The number of benzene rings is 2. The van der Waals surface area contributed by atoms with Crippen LogP contribution in [-0.2, 0) is 11.2 Å². The van der Waals surface area contributed by atoms with E-state index in [-0.39, 0.29) is 17.7 Å². The molecule has 2 aliphatic rings. The van der Waals surface area contributed by atoms with Gasteiger partial charge in [-0.05, 0) is 55.2 Å². The van der Waals surface area contributed by atoms with Gasteiger partial charge >= 0.3 is 0 Å². The molecule has 0 spiro atoms. The van der Waals surface area contributed by atoms with Crippen molar-refractivity contribution in [3.8, 4) is 0 Å². The first-order valence-corrected chi connectivity index (χ1v) is 8.00. The molecule has 0 aliphatic carbocycles. The molecular formula is C19H18N2O2. The number of anilines is 2. The van der Waals surface area contributed by atoms with Gasteiger partial charge in [-0.15, -0.1) is 0 Å². The number of aryl methyl sites for hydroxylation is 1. The predicted octanol–water partition coefficient (Wildman–Crippen LogP) is 3.34. The van der Waals surface area contributed by atoms with Gasteiger partial charge in [0.15, 0.2) is 0 Å². The molecule has 2 aromatic carbocycles. The van der Waals surface area contributed by atoms with Crippen LogP contribution in [0.25, 0.3) is 0 Å². The Morgan fingerprint density at radius 3 is 2.78 bits per heavy atom. The summed E-state index contributed by atoms with van der Waals surface area (Å²) in [4.78, 5) is 26.6. The molecule has 116 valence electrons. The lowest BCUT2D eigenvalue weighted by atomic mass is 9.96. The molecule has 0 fully saturated rings. The highest BCUT2D eigenvalue weighted by atomic mass is 16.2. The molecule has 4 rings (SSSR count). The van der Waals surface area contributed by atoms with Crippen molar-refractivity contribution in [2.24, 2.45) is 0 Å². The highest BCUT2D eigenvalue weighted by Crippen LogP contribution is 2.44. The Balaban J connectivity index is 1.70. The molecule has 2 heterocycles. The molecule has 0 saturated carbocycles.